The minimum absolute atomic E-state index is 0.0943. The van der Waals surface area contributed by atoms with Gasteiger partial charge in [-0.15, -0.1) is 0 Å². The maximum Gasteiger partial charge on any atom is 0.280 e. The first-order valence-electron chi connectivity index (χ1n) is 5.88. The number of non-ortho nitro benzene ring substituents is 1. The predicted octanol–water partition coefficient (Wildman–Crippen LogP) is 2.99. The fourth-order valence-corrected chi connectivity index (χ4v) is 2.09. The number of nitrogens with zero attached hydrogens (tertiary/aromatic N) is 3. The Kier molecular flexibility index (Phi) is 2.72. The minimum Gasteiger partial charge on any atom is -0.267 e. The maximum atomic E-state index is 11.0. The highest BCUT2D eigenvalue weighted by molar-refractivity contribution is 5.87. The van der Waals surface area contributed by atoms with Crippen molar-refractivity contribution in [3.63, 3.8) is 0 Å². The molecule has 94 valence electrons. The molecule has 0 aliphatic heterocycles. The van der Waals surface area contributed by atoms with Crippen molar-refractivity contribution < 1.29 is 4.92 Å². The van der Waals surface area contributed by atoms with Crippen LogP contribution in [0.5, 0.6) is 0 Å². The molecule has 19 heavy (non-hydrogen) atoms. The van der Waals surface area contributed by atoms with Crippen LogP contribution < -0.4 is 0 Å². The third kappa shape index (κ3) is 2.18. The van der Waals surface area contributed by atoms with Crippen LogP contribution in [0.2, 0.25) is 0 Å². The van der Waals surface area contributed by atoms with Gasteiger partial charge in [0.05, 0.1) is 22.4 Å². The van der Waals surface area contributed by atoms with Crippen LogP contribution in [-0.4, -0.2) is 14.7 Å². The number of nitro benzene ring substituents is 1. The summed E-state index contributed by atoms with van der Waals surface area (Å²) in [5, 5.41) is 15.9. The molecule has 0 amide bonds. The molecular formula is C14H11N3O2. The first-order valence-corrected chi connectivity index (χ1v) is 5.88. The summed E-state index contributed by atoms with van der Waals surface area (Å²) < 4.78 is 1.73. The van der Waals surface area contributed by atoms with Crippen LogP contribution >= 0.6 is 0 Å². The zero-order valence-electron chi connectivity index (χ0n) is 10.1. The molecule has 0 saturated heterocycles. The van der Waals surface area contributed by atoms with Crippen LogP contribution in [0.25, 0.3) is 10.9 Å². The van der Waals surface area contributed by atoms with Gasteiger partial charge in [-0.1, -0.05) is 36.4 Å². The van der Waals surface area contributed by atoms with E-state index in [1.54, 1.807) is 23.0 Å². The molecule has 5 nitrogen and oxygen atoms in total. The van der Waals surface area contributed by atoms with E-state index < -0.39 is 0 Å². The van der Waals surface area contributed by atoms with E-state index in [2.05, 4.69) is 5.10 Å². The molecule has 3 rings (SSSR count). The Morgan fingerprint density at radius 3 is 2.63 bits per heavy atom. The van der Waals surface area contributed by atoms with Gasteiger partial charge in [0.2, 0.25) is 0 Å². The molecular weight excluding hydrogens is 242 g/mol. The molecule has 0 fully saturated rings. The Hall–Kier alpha value is -2.69. The van der Waals surface area contributed by atoms with Crippen molar-refractivity contribution in [2.24, 2.45) is 0 Å². The smallest absolute Gasteiger partial charge is 0.267 e. The van der Waals surface area contributed by atoms with Gasteiger partial charge in [-0.3, -0.25) is 14.8 Å². The number of hydrogen-bond donors (Lipinski definition) is 0. The molecule has 0 N–H and O–H groups in total. The summed E-state index contributed by atoms with van der Waals surface area (Å²) in [6.07, 6.45) is 1.72. The summed E-state index contributed by atoms with van der Waals surface area (Å²) in [6, 6.07) is 14.8. The van der Waals surface area contributed by atoms with Crippen LogP contribution in [0.3, 0.4) is 0 Å². The zero-order chi connectivity index (χ0) is 13.2. The molecule has 3 aromatic rings. The monoisotopic (exact) mass is 253 g/mol. The third-order valence-electron chi connectivity index (χ3n) is 2.96. The number of aromatic nitrogens is 2. The summed E-state index contributed by atoms with van der Waals surface area (Å²) in [7, 11) is 0. The number of rotatable bonds is 3. The van der Waals surface area contributed by atoms with E-state index in [1.807, 2.05) is 30.3 Å². The lowest BCUT2D eigenvalue weighted by Crippen LogP contribution is -1.99. The second-order valence-electron chi connectivity index (χ2n) is 4.28. The predicted molar refractivity (Wildman–Crippen MR) is 71.9 cm³/mol. The first-order chi connectivity index (χ1) is 9.24. The quantitative estimate of drug-likeness (QED) is 0.532. The summed E-state index contributed by atoms with van der Waals surface area (Å²) in [6.45, 7) is 0.604. The third-order valence-corrected chi connectivity index (χ3v) is 2.96. The van der Waals surface area contributed by atoms with Crippen molar-refractivity contribution in [2.75, 3.05) is 0 Å². The number of nitro groups is 1. The van der Waals surface area contributed by atoms with Gasteiger partial charge in [-0.2, -0.15) is 5.10 Å². The summed E-state index contributed by atoms with van der Waals surface area (Å²) in [4.78, 5) is 10.6. The average molecular weight is 253 g/mol. The SMILES string of the molecule is O=[N+]([O-])c1cccc2nn(Cc3ccccc3)cc12. The minimum atomic E-state index is -0.378. The maximum absolute atomic E-state index is 11.0. The highest BCUT2D eigenvalue weighted by Gasteiger charge is 2.13. The largest absolute Gasteiger partial charge is 0.280 e. The van der Waals surface area contributed by atoms with Gasteiger partial charge in [-0.05, 0) is 11.6 Å². The second-order valence-corrected chi connectivity index (χ2v) is 4.28. The van der Waals surface area contributed by atoms with Gasteiger partial charge in [-0.25, -0.2) is 0 Å². The molecule has 0 aliphatic rings. The van der Waals surface area contributed by atoms with Gasteiger partial charge in [0.1, 0.15) is 0 Å². The molecule has 0 spiro atoms. The van der Waals surface area contributed by atoms with Crippen molar-refractivity contribution in [3.05, 3.63) is 70.4 Å². The van der Waals surface area contributed by atoms with Crippen molar-refractivity contribution in [2.45, 2.75) is 6.54 Å². The highest BCUT2D eigenvalue weighted by atomic mass is 16.6. The van der Waals surface area contributed by atoms with Crippen LogP contribution in [0, 0.1) is 10.1 Å². The van der Waals surface area contributed by atoms with Crippen LogP contribution in [0.15, 0.2) is 54.7 Å². The lowest BCUT2D eigenvalue weighted by molar-refractivity contribution is -0.383. The first kappa shape index (κ1) is 11.4. The van der Waals surface area contributed by atoms with Crippen molar-refractivity contribution in [1.82, 2.24) is 9.78 Å². The summed E-state index contributed by atoms with van der Waals surface area (Å²) in [5.74, 6) is 0. The lowest BCUT2D eigenvalue weighted by Gasteiger charge is -2.00. The van der Waals surface area contributed by atoms with Crippen LogP contribution in [0.4, 0.5) is 5.69 Å². The normalized spacial score (nSPS) is 10.7. The van der Waals surface area contributed by atoms with E-state index in [9.17, 15) is 10.1 Å². The molecule has 0 saturated carbocycles. The molecule has 5 heteroatoms. The average Bonchev–Trinajstić information content (AvgIpc) is 2.81. The van der Waals surface area contributed by atoms with E-state index >= 15 is 0 Å². The van der Waals surface area contributed by atoms with E-state index in [-0.39, 0.29) is 10.6 Å². The fourth-order valence-electron chi connectivity index (χ4n) is 2.09. The molecule has 0 radical (unpaired) electrons. The molecule has 0 atom stereocenters. The van der Waals surface area contributed by atoms with Crippen molar-refractivity contribution >= 4 is 16.6 Å². The van der Waals surface area contributed by atoms with E-state index in [0.717, 1.165) is 5.56 Å². The summed E-state index contributed by atoms with van der Waals surface area (Å²) >= 11 is 0. The van der Waals surface area contributed by atoms with Crippen LogP contribution in [0.1, 0.15) is 5.56 Å². The molecule has 0 bridgehead atoms. The second kappa shape index (κ2) is 4.53. The van der Waals surface area contributed by atoms with Gasteiger partial charge in [0, 0.05) is 12.3 Å². The molecule has 0 unspecified atom stereocenters. The van der Waals surface area contributed by atoms with Crippen molar-refractivity contribution in [3.8, 4) is 0 Å². The Morgan fingerprint density at radius 1 is 1.11 bits per heavy atom. The van der Waals surface area contributed by atoms with Gasteiger partial charge < -0.3 is 0 Å². The zero-order valence-corrected chi connectivity index (χ0v) is 10.1. The molecule has 1 heterocycles. The van der Waals surface area contributed by atoms with E-state index in [0.29, 0.717) is 17.4 Å². The Bertz CT molecular complexity index is 735. The Balaban J connectivity index is 2.03. The lowest BCUT2D eigenvalue weighted by atomic mass is 10.2. The van der Waals surface area contributed by atoms with Crippen LogP contribution in [-0.2, 0) is 6.54 Å². The van der Waals surface area contributed by atoms with E-state index in [1.165, 1.54) is 6.07 Å². The van der Waals surface area contributed by atoms with Gasteiger partial charge in [0.15, 0.2) is 0 Å². The summed E-state index contributed by atoms with van der Waals surface area (Å²) in [5.41, 5.74) is 1.85. The van der Waals surface area contributed by atoms with E-state index in [4.69, 9.17) is 0 Å². The number of hydrogen-bond acceptors (Lipinski definition) is 3. The topological polar surface area (TPSA) is 61.0 Å². The van der Waals surface area contributed by atoms with Gasteiger partial charge >= 0.3 is 0 Å². The fraction of sp³-hybridized carbons (Fsp3) is 0.0714. The molecule has 0 aliphatic carbocycles. The standard InChI is InChI=1S/C14H11N3O2/c18-17(19)14-8-4-7-13-12(14)10-16(15-13)9-11-5-2-1-3-6-11/h1-8,10H,9H2. The molecule has 2 aromatic carbocycles. The Morgan fingerprint density at radius 2 is 1.89 bits per heavy atom. The van der Waals surface area contributed by atoms with Crippen molar-refractivity contribution in [1.29, 1.82) is 0 Å². The number of fused-ring (bicyclic) bond motifs is 1. The van der Waals surface area contributed by atoms with Gasteiger partial charge in [0.25, 0.3) is 5.69 Å². The highest BCUT2D eigenvalue weighted by Crippen LogP contribution is 2.24. The number of benzene rings is 2. The molecule has 1 aromatic heterocycles. The Labute approximate surface area is 109 Å².